The number of hydrogen-bond donors (Lipinski definition) is 2. The second-order valence-electron chi connectivity index (χ2n) is 5.91. The fourth-order valence-corrected chi connectivity index (χ4v) is 3.07. The fraction of sp³-hybridized carbons (Fsp3) is 0.500. The summed E-state index contributed by atoms with van der Waals surface area (Å²) >= 11 is 0. The molecular formula is C16H22N4O3. The summed E-state index contributed by atoms with van der Waals surface area (Å²) in [6.07, 6.45) is -0.387. The number of ether oxygens (including phenoxy) is 1. The van der Waals surface area contributed by atoms with Crippen LogP contribution in [0.25, 0.3) is 11.0 Å². The zero-order chi connectivity index (χ0) is 16.4. The number of fused-ring (bicyclic) bond motifs is 1. The van der Waals surface area contributed by atoms with Crippen LogP contribution in [0.5, 0.6) is 5.88 Å². The van der Waals surface area contributed by atoms with Gasteiger partial charge in [0.1, 0.15) is 5.65 Å². The van der Waals surface area contributed by atoms with Gasteiger partial charge in [-0.25, -0.2) is 0 Å². The number of aliphatic hydroxyl groups excluding tert-OH is 1. The van der Waals surface area contributed by atoms with E-state index in [4.69, 9.17) is 10.5 Å². The van der Waals surface area contributed by atoms with Gasteiger partial charge in [-0.2, -0.15) is 4.98 Å². The van der Waals surface area contributed by atoms with Gasteiger partial charge < -0.3 is 15.6 Å². The van der Waals surface area contributed by atoms with Crippen molar-refractivity contribution < 1.29 is 9.84 Å². The predicted molar refractivity (Wildman–Crippen MR) is 87.5 cm³/mol. The maximum atomic E-state index is 12.2. The molecule has 0 bridgehead atoms. The zero-order valence-corrected chi connectivity index (χ0v) is 13.2. The molecular weight excluding hydrogens is 296 g/mol. The lowest BCUT2D eigenvalue weighted by Gasteiger charge is -2.17. The van der Waals surface area contributed by atoms with E-state index in [1.165, 1.54) is 0 Å². The summed E-state index contributed by atoms with van der Waals surface area (Å²) in [5, 5.41) is 10.8. The van der Waals surface area contributed by atoms with Crippen molar-refractivity contribution in [3.63, 3.8) is 0 Å². The molecule has 0 unspecified atom stereocenters. The zero-order valence-electron chi connectivity index (χ0n) is 13.2. The quantitative estimate of drug-likeness (QED) is 0.783. The first kappa shape index (κ1) is 15.9. The van der Waals surface area contributed by atoms with Gasteiger partial charge in [0.05, 0.1) is 13.2 Å². The average molecular weight is 318 g/mol. The highest BCUT2D eigenvalue weighted by Crippen LogP contribution is 2.17. The van der Waals surface area contributed by atoms with E-state index in [0.29, 0.717) is 37.7 Å². The van der Waals surface area contributed by atoms with Crippen molar-refractivity contribution in [3.8, 4) is 5.88 Å². The molecule has 1 aliphatic rings. The van der Waals surface area contributed by atoms with E-state index < -0.39 is 0 Å². The van der Waals surface area contributed by atoms with E-state index in [2.05, 4.69) is 9.88 Å². The molecule has 0 aliphatic carbocycles. The highest BCUT2D eigenvalue weighted by molar-refractivity contribution is 5.75. The van der Waals surface area contributed by atoms with Crippen LogP contribution in [-0.2, 0) is 6.54 Å². The number of pyridine rings is 2. The highest BCUT2D eigenvalue weighted by atomic mass is 16.5. The van der Waals surface area contributed by atoms with Gasteiger partial charge in [-0.3, -0.25) is 14.3 Å². The first-order valence-corrected chi connectivity index (χ1v) is 7.77. The molecule has 0 aromatic carbocycles. The first-order chi connectivity index (χ1) is 11.1. The summed E-state index contributed by atoms with van der Waals surface area (Å²) in [5.74, 6) is 0.592. The standard InChI is InChI=1S/C16H22N4O3/c1-23-14-4-2-11-3-5-15(22)20(16(11)18-14)7-6-19-9-12(8-17)13(21)10-19/h2-5,12-13,21H,6-10,17H2,1H3/t12-,13+/m0/s1. The van der Waals surface area contributed by atoms with Gasteiger partial charge in [-0.05, 0) is 18.7 Å². The van der Waals surface area contributed by atoms with Crippen LogP contribution in [0.2, 0.25) is 0 Å². The van der Waals surface area contributed by atoms with Gasteiger partial charge in [0.25, 0.3) is 5.56 Å². The highest BCUT2D eigenvalue weighted by Gasteiger charge is 2.29. The van der Waals surface area contributed by atoms with Crippen LogP contribution >= 0.6 is 0 Å². The summed E-state index contributed by atoms with van der Waals surface area (Å²) < 4.78 is 6.81. The van der Waals surface area contributed by atoms with E-state index in [-0.39, 0.29) is 17.6 Å². The van der Waals surface area contributed by atoms with Crippen molar-refractivity contribution in [2.24, 2.45) is 11.7 Å². The minimum atomic E-state index is -0.387. The molecule has 3 N–H and O–H groups in total. The van der Waals surface area contributed by atoms with Gasteiger partial charge in [-0.1, -0.05) is 0 Å². The Hall–Kier alpha value is -1.96. The molecule has 0 amide bonds. The number of likely N-dealkylation sites (tertiary alicyclic amines) is 1. The number of nitrogens with two attached hydrogens (primary N) is 1. The number of nitrogens with zero attached hydrogens (tertiary/aromatic N) is 3. The minimum Gasteiger partial charge on any atom is -0.481 e. The molecule has 2 aromatic rings. The van der Waals surface area contributed by atoms with Crippen molar-refractivity contribution in [1.29, 1.82) is 0 Å². The molecule has 1 aliphatic heterocycles. The Kier molecular flexibility index (Phi) is 4.61. The smallest absolute Gasteiger partial charge is 0.252 e. The third kappa shape index (κ3) is 3.21. The molecule has 0 spiro atoms. The Bertz CT molecular complexity index is 746. The SMILES string of the molecule is COc1ccc2ccc(=O)n(CCN3C[C@H](CN)[C@H](O)C3)c2n1. The van der Waals surface area contributed by atoms with Crippen molar-refractivity contribution >= 4 is 11.0 Å². The lowest BCUT2D eigenvalue weighted by atomic mass is 10.1. The number of hydrogen-bond acceptors (Lipinski definition) is 6. The van der Waals surface area contributed by atoms with E-state index in [0.717, 1.165) is 11.9 Å². The number of rotatable bonds is 5. The monoisotopic (exact) mass is 318 g/mol. The third-order valence-corrected chi connectivity index (χ3v) is 4.44. The summed E-state index contributed by atoms with van der Waals surface area (Å²) in [4.78, 5) is 18.7. The number of aromatic nitrogens is 2. The molecule has 3 rings (SSSR count). The molecule has 1 saturated heterocycles. The Morgan fingerprint density at radius 1 is 1.30 bits per heavy atom. The Morgan fingerprint density at radius 3 is 2.78 bits per heavy atom. The van der Waals surface area contributed by atoms with Gasteiger partial charge >= 0.3 is 0 Å². The van der Waals surface area contributed by atoms with Crippen LogP contribution in [0.3, 0.4) is 0 Å². The second kappa shape index (κ2) is 6.66. The van der Waals surface area contributed by atoms with Crippen molar-refractivity contribution in [2.75, 3.05) is 33.3 Å². The van der Waals surface area contributed by atoms with Crippen LogP contribution in [0, 0.1) is 5.92 Å². The van der Waals surface area contributed by atoms with Crippen LogP contribution in [0.1, 0.15) is 0 Å². The van der Waals surface area contributed by atoms with Gasteiger partial charge in [0, 0.05) is 49.6 Å². The fourth-order valence-electron chi connectivity index (χ4n) is 3.07. The van der Waals surface area contributed by atoms with Crippen molar-refractivity contribution in [1.82, 2.24) is 14.5 Å². The Balaban J connectivity index is 1.82. The van der Waals surface area contributed by atoms with Crippen LogP contribution in [0.15, 0.2) is 29.1 Å². The molecule has 7 nitrogen and oxygen atoms in total. The first-order valence-electron chi connectivity index (χ1n) is 7.77. The maximum absolute atomic E-state index is 12.2. The minimum absolute atomic E-state index is 0.0895. The molecule has 23 heavy (non-hydrogen) atoms. The molecule has 124 valence electrons. The van der Waals surface area contributed by atoms with Gasteiger partial charge in [0.15, 0.2) is 0 Å². The summed E-state index contributed by atoms with van der Waals surface area (Å²) in [6, 6.07) is 6.99. The Labute approximate surface area is 134 Å². The molecule has 1 fully saturated rings. The van der Waals surface area contributed by atoms with Crippen LogP contribution in [-0.4, -0.2) is 59.0 Å². The molecule has 2 atom stereocenters. The van der Waals surface area contributed by atoms with Gasteiger partial charge in [0.2, 0.25) is 5.88 Å². The molecule has 2 aromatic heterocycles. The number of β-amino-alcohol motifs (C(OH)–C–C–N with tert-alkyl or cyclic N) is 1. The lowest BCUT2D eigenvalue weighted by molar-refractivity contribution is 0.144. The summed E-state index contributed by atoms with van der Waals surface area (Å²) in [7, 11) is 1.55. The lowest BCUT2D eigenvalue weighted by Crippen LogP contribution is -2.30. The second-order valence-corrected chi connectivity index (χ2v) is 5.91. The molecule has 0 saturated carbocycles. The van der Waals surface area contributed by atoms with E-state index in [1.54, 1.807) is 29.9 Å². The van der Waals surface area contributed by atoms with E-state index >= 15 is 0 Å². The van der Waals surface area contributed by atoms with Crippen molar-refractivity contribution in [2.45, 2.75) is 12.6 Å². The largest absolute Gasteiger partial charge is 0.481 e. The van der Waals surface area contributed by atoms with E-state index in [1.807, 2.05) is 6.07 Å². The summed E-state index contributed by atoms with van der Waals surface area (Å²) in [6.45, 7) is 3.02. The average Bonchev–Trinajstić information content (AvgIpc) is 2.93. The predicted octanol–water partition coefficient (Wildman–Crippen LogP) is -0.343. The van der Waals surface area contributed by atoms with E-state index in [9.17, 15) is 9.90 Å². The molecule has 3 heterocycles. The van der Waals surface area contributed by atoms with Gasteiger partial charge in [-0.15, -0.1) is 0 Å². The van der Waals surface area contributed by atoms with Crippen LogP contribution in [0.4, 0.5) is 0 Å². The number of methoxy groups -OCH3 is 1. The van der Waals surface area contributed by atoms with Crippen molar-refractivity contribution in [3.05, 3.63) is 34.6 Å². The summed E-state index contributed by atoms with van der Waals surface area (Å²) in [5.41, 5.74) is 6.19. The van der Waals surface area contributed by atoms with Crippen LogP contribution < -0.4 is 16.0 Å². The normalized spacial score (nSPS) is 21.9. The maximum Gasteiger partial charge on any atom is 0.252 e. The Morgan fingerprint density at radius 2 is 2.09 bits per heavy atom. The molecule has 0 radical (unpaired) electrons. The number of aliphatic hydroxyl groups is 1. The topological polar surface area (TPSA) is 93.6 Å². The molecule has 7 heteroatoms. The third-order valence-electron chi connectivity index (χ3n) is 4.44.